The highest BCUT2D eigenvalue weighted by molar-refractivity contribution is 7.88. The SMILES string of the molecule is CC(NS(=O)(=O)Cc1ccccc1CN)C1CCC1. The van der Waals surface area contributed by atoms with E-state index in [4.69, 9.17) is 5.73 Å². The van der Waals surface area contributed by atoms with Crippen LogP contribution in [0, 0.1) is 5.92 Å². The molecule has 3 N–H and O–H groups in total. The Morgan fingerprint density at radius 1 is 1.32 bits per heavy atom. The van der Waals surface area contributed by atoms with Crippen LogP contribution < -0.4 is 10.5 Å². The summed E-state index contributed by atoms with van der Waals surface area (Å²) in [6.45, 7) is 2.32. The molecule has 1 atom stereocenters. The van der Waals surface area contributed by atoms with Gasteiger partial charge in [0.15, 0.2) is 0 Å². The Morgan fingerprint density at radius 3 is 2.47 bits per heavy atom. The van der Waals surface area contributed by atoms with Gasteiger partial charge in [0.05, 0.1) is 5.75 Å². The summed E-state index contributed by atoms with van der Waals surface area (Å²) in [5.74, 6) is 0.511. The van der Waals surface area contributed by atoms with Crippen molar-refractivity contribution in [1.82, 2.24) is 4.72 Å². The predicted molar refractivity (Wildman–Crippen MR) is 76.9 cm³/mol. The van der Waals surface area contributed by atoms with E-state index in [2.05, 4.69) is 4.72 Å². The van der Waals surface area contributed by atoms with Crippen LogP contribution in [0.5, 0.6) is 0 Å². The van der Waals surface area contributed by atoms with Crippen molar-refractivity contribution >= 4 is 10.0 Å². The van der Waals surface area contributed by atoms with E-state index >= 15 is 0 Å². The first-order chi connectivity index (χ1) is 9.02. The van der Waals surface area contributed by atoms with Crippen LogP contribution in [0.15, 0.2) is 24.3 Å². The van der Waals surface area contributed by atoms with Gasteiger partial charge in [-0.25, -0.2) is 13.1 Å². The van der Waals surface area contributed by atoms with E-state index in [-0.39, 0.29) is 11.8 Å². The Hall–Kier alpha value is -0.910. The molecule has 1 aliphatic carbocycles. The molecule has 1 unspecified atom stereocenters. The number of hydrogen-bond acceptors (Lipinski definition) is 3. The minimum Gasteiger partial charge on any atom is -0.326 e. The number of sulfonamides is 1. The highest BCUT2D eigenvalue weighted by atomic mass is 32.2. The molecule has 5 heteroatoms. The Bertz CT molecular complexity index is 524. The van der Waals surface area contributed by atoms with Crippen molar-refractivity contribution in [1.29, 1.82) is 0 Å². The smallest absolute Gasteiger partial charge is 0.216 e. The van der Waals surface area contributed by atoms with Gasteiger partial charge in [-0.1, -0.05) is 30.7 Å². The third-order valence-electron chi connectivity index (χ3n) is 3.91. The zero-order chi connectivity index (χ0) is 13.9. The van der Waals surface area contributed by atoms with Crippen LogP contribution in [-0.2, 0) is 22.3 Å². The van der Waals surface area contributed by atoms with Gasteiger partial charge in [-0.05, 0) is 36.8 Å². The third-order valence-corrected chi connectivity index (χ3v) is 5.33. The van der Waals surface area contributed by atoms with Crippen molar-refractivity contribution in [3.8, 4) is 0 Å². The molecule has 0 spiro atoms. The van der Waals surface area contributed by atoms with Gasteiger partial charge in [0.2, 0.25) is 10.0 Å². The maximum Gasteiger partial charge on any atom is 0.216 e. The molecule has 1 aromatic rings. The van der Waals surface area contributed by atoms with Gasteiger partial charge in [0.25, 0.3) is 0 Å². The van der Waals surface area contributed by atoms with Gasteiger partial charge >= 0.3 is 0 Å². The molecule has 0 heterocycles. The van der Waals surface area contributed by atoms with Gasteiger partial charge in [0.1, 0.15) is 0 Å². The summed E-state index contributed by atoms with van der Waals surface area (Å²) in [5.41, 5.74) is 7.32. The lowest BCUT2D eigenvalue weighted by atomic mass is 9.81. The second-order valence-electron chi connectivity index (χ2n) is 5.33. The molecule has 0 aliphatic heterocycles. The standard InChI is InChI=1S/C14H22N2O2S/c1-11(12-7-4-8-12)16-19(17,18)10-14-6-3-2-5-13(14)9-15/h2-3,5-6,11-12,16H,4,7-10,15H2,1H3. The molecule has 0 bridgehead atoms. The summed E-state index contributed by atoms with van der Waals surface area (Å²) in [6, 6.07) is 7.46. The summed E-state index contributed by atoms with van der Waals surface area (Å²) in [6.07, 6.45) is 3.47. The van der Waals surface area contributed by atoms with Crippen LogP contribution in [-0.4, -0.2) is 14.5 Å². The highest BCUT2D eigenvalue weighted by Crippen LogP contribution is 2.29. The zero-order valence-corrected chi connectivity index (χ0v) is 12.1. The molecule has 1 aromatic carbocycles. The Labute approximate surface area is 115 Å². The molecular weight excluding hydrogens is 260 g/mol. The second-order valence-corrected chi connectivity index (χ2v) is 7.08. The number of hydrogen-bond donors (Lipinski definition) is 2. The van der Waals surface area contributed by atoms with E-state index in [1.807, 2.05) is 31.2 Å². The summed E-state index contributed by atoms with van der Waals surface area (Å²) >= 11 is 0. The molecule has 4 nitrogen and oxygen atoms in total. The van der Waals surface area contributed by atoms with Crippen molar-refractivity contribution in [2.45, 2.75) is 44.5 Å². The van der Waals surface area contributed by atoms with E-state index in [0.29, 0.717) is 12.5 Å². The maximum absolute atomic E-state index is 12.2. The van der Waals surface area contributed by atoms with Crippen LogP contribution in [0.25, 0.3) is 0 Å². The van der Waals surface area contributed by atoms with Crippen molar-refractivity contribution in [3.05, 3.63) is 35.4 Å². The molecule has 0 aromatic heterocycles. The van der Waals surface area contributed by atoms with Crippen LogP contribution in [0.3, 0.4) is 0 Å². The van der Waals surface area contributed by atoms with Gasteiger partial charge < -0.3 is 5.73 Å². The molecule has 1 saturated carbocycles. The van der Waals surface area contributed by atoms with Crippen LogP contribution in [0.1, 0.15) is 37.3 Å². The minimum atomic E-state index is -3.29. The van der Waals surface area contributed by atoms with Crippen molar-refractivity contribution in [3.63, 3.8) is 0 Å². The fourth-order valence-corrected chi connectivity index (χ4v) is 4.00. The van der Waals surface area contributed by atoms with E-state index in [0.717, 1.165) is 24.0 Å². The third kappa shape index (κ3) is 3.78. The molecule has 1 fully saturated rings. The van der Waals surface area contributed by atoms with Crippen LogP contribution in [0.2, 0.25) is 0 Å². The van der Waals surface area contributed by atoms with Crippen LogP contribution in [0.4, 0.5) is 0 Å². The first-order valence-corrected chi connectivity index (χ1v) is 8.44. The van der Waals surface area contributed by atoms with Crippen molar-refractivity contribution in [2.24, 2.45) is 11.7 Å². The number of nitrogens with one attached hydrogen (secondary N) is 1. The Kier molecular flexibility index (Phi) is 4.60. The molecule has 106 valence electrons. The topological polar surface area (TPSA) is 72.2 Å². The first kappa shape index (κ1) is 14.5. The summed E-state index contributed by atoms with van der Waals surface area (Å²) < 4.78 is 27.1. The first-order valence-electron chi connectivity index (χ1n) is 6.78. The quantitative estimate of drug-likeness (QED) is 0.835. The van der Waals surface area contributed by atoms with E-state index in [1.165, 1.54) is 6.42 Å². The molecular formula is C14H22N2O2S. The average molecular weight is 282 g/mol. The Balaban J connectivity index is 2.03. The number of rotatable bonds is 6. The molecule has 2 rings (SSSR count). The lowest BCUT2D eigenvalue weighted by molar-refractivity contribution is 0.260. The minimum absolute atomic E-state index is 0.0113. The van der Waals surface area contributed by atoms with Crippen molar-refractivity contribution < 1.29 is 8.42 Å². The number of benzene rings is 1. The zero-order valence-electron chi connectivity index (χ0n) is 11.3. The summed E-state index contributed by atoms with van der Waals surface area (Å²) in [7, 11) is -3.29. The fraction of sp³-hybridized carbons (Fsp3) is 0.571. The van der Waals surface area contributed by atoms with Gasteiger partial charge in [-0.15, -0.1) is 0 Å². The largest absolute Gasteiger partial charge is 0.326 e. The Morgan fingerprint density at radius 2 is 1.95 bits per heavy atom. The van der Waals surface area contributed by atoms with Crippen LogP contribution >= 0.6 is 0 Å². The molecule has 0 radical (unpaired) electrons. The lowest BCUT2D eigenvalue weighted by Gasteiger charge is -2.31. The predicted octanol–water partition coefficient (Wildman–Crippen LogP) is 1.75. The lowest BCUT2D eigenvalue weighted by Crippen LogP contribution is -2.41. The maximum atomic E-state index is 12.2. The van der Waals surface area contributed by atoms with Gasteiger partial charge in [-0.3, -0.25) is 0 Å². The highest BCUT2D eigenvalue weighted by Gasteiger charge is 2.27. The monoisotopic (exact) mass is 282 g/mol. The fourth-order valence-electron chi connectivity index (χ4n) is 2.46. The van der Waals surface area contributed by atoms with E-state index in [9.17, 15) is 8.42 Å². The van der Waals surface area contributed by atoms with Gasteiger partial charge in [-0.2, -0.15) is 0 Å². The number of nitrogens with two attached hydrogens (primary N) is 1. The summed E-state index contributed by atoms with van der Waals surface area (Å²) in [4.78, 5) is 0. The van der Waals surface area contributed by atoms with Gasteiger partial charge in [0, 0.05) is 12.6 Å². The van der Waals surface area contributed by atoms with E-state index < -0.39 is 10.0 Å². The van der Waals surface area contributed by atoms with Crippen molar-refractivity contribution in [2.75, 3.05) is 0 Å². The normalized spacial score (nSPS) is 18.0. The second kappa shape index (κ2) is 6.03. The molecule has 19 heavy (non-hydrogen) atoms. The summed E-state index contributed by atoms with van der Waals surface area (Å²) in [5, 5.41) is 0. The molecule has 1 aliphatic rings. The molecule has 0 amide bonds. The average Bonchev–Trinajstić information content (AvgIpc) is 2.25. The molecule has 0 saturated heterocycles. The van der Waals surface area contributed by atoms with E-state index in [1.54, 1.807) is 0 Å².